The van der Waals surface area contributed by atoms with E-state index in [1.165, 1.54) is 0 Å². The van der Waals surface area contributed by atoms with Gasteiger partial charge in [-0.15, -0.1) is 0 Å². The number of rotatable bonds is 6. The molecule has 6 nitrogen and oxygen atoms in total. The molecule has 0 saturated carbocycles. The highest BCUT2D eigenvalue weighted by Crippen LogP contribution is 2.32. The number of likely N-dealkylation sites (N-methyl/N-ethyl adjacent to an activating group) is 1. The second kappa shape index (κ2) is 8.07. The summed E-state index contributed by atoms with van der Waals surface area (Å²) >= 11 is 0. The lowest BCUT2D eigenvalue weighted by Gasteiger charge is -2.25. The van der Waals surface area contributed by atoms with E-state index in [-0.39, 0.29) is 11.9 Å². The van der Waals surface area contributed by atoms with E-state index in [4.69, 9.17) is 4.74 Å². The highest BCUT2D eigenvalue weighted by molar-refractivity contribution is 5.94. The number of amides is 1. The molecule has 3 heterocycles. The Kier molecular flexibility index (Phi) is 5.60. The molecule has 0 spiro atoms. The highest BCUT2D eigenvalue weighted by Gasteiger charge is 2.30. The molecule has 0 unspecified atom stereocenters. The quantitative estimate of drug-likeness (QED) is 0.808. The summed E-state index contributed by atoms with van der Waals surface area (Å²) in [4.78, 5) is 25.2. The molecule has 2 aromatic rings. The van der Waals surface area contributed by atoms with Crippen LogP contribution in [0.1, 0.15) is 34.8 Å². The molecular formula is C19H24N4O2. The van der Waals surface area contributed by atoms with Crippen molar-refractivity contribution < 1.29 is 9.53 Å². The Morgan fingerprint density at radius 2 is 2.08 bits per heavy atom. The van der Waals surface area contributed by atoms with Gasteiger partial charge in [-0.3, -0.25) is 9.78 Å². The van der Waals surface area contributed by atoms with Gasteiger partial charge in [0, 0.05) is 43.3 Å². The minimum Gasteiger partial charge on any atom is -0.476 e. The van der Waals surface area contributed by atoms with Gasteiger partial charge < -0.3 is 14.5 Å². The third-order valence-electron chi connectivity index (χ3n) is 4.37. The first-order valence-electron chi connectivity index (χ1n) is 8.59. The molecule has 1 aliphatic rings. The van der Waals surface area contributed by atoms with E-state index in [1.807, 2.05) is 36.0 Å². The standard InChI is InChI=1S/C19H24N4O2/c1-22(2)12-13-25-18-14-16(7-10-21-18)19(24)23-11-3-4-17(23)15-5-8-20-9-6-15/h5-10,14,17H,3-4,11-13H2,1-2H3/t17-/m1/s1. The van der Waals surface area contributed by atoms with Crippen molar-refractivity contribution in [3.05, 3.63) is 54.0 Å². The average molecular weight is 340 g/mol. The molecule has 0 bridgehead atoms. The average Bonchev–Trinajstić information content (AvgIpc) is 3.11. The molecule has 25 heavy (non-hydrogen) atoms. The van der Waals surface area contributed by atoms with E-state index in [0.29, 0.717) is 18.1 Å². The summed E-state index contributed by atoms with van der Waals surface area (Å²) in [6.07, 6.45) is 7.18. The molecule has 1 aliphatic heterocycles. The molecule has 2 aromatic heterocycles. The molecule has 1 amide bonds. The van der Waals surface area contributed by atoms with Crippen LogP contribution in [-0.2, 0) is 0 Å². The van der Waals surface area contributed by atoms with Gasteiger partial charge in [-0.2, -0.15) is 0 Å². The van der Waals surface area contributed by atoms with Gasteiger partial charge in [-0.05, 0) is 50.7 Å². The summed E-state index contributed by atoms with van der Waals surface area (Å²) in [5, 5.41) is 0. The zero-order valence-electron chi connectivity index (χ0n) is 14.8. The molecule has 1 atom stereocenters. The maximum atomic E-state index is 13.0. The fourth-order valence-corrected chi connectivity index (χ4v) is 3.06. The first-order valence-corrected chi connectivity index (χ1v) is 8.59. The van der Waals surface area contributed by atoms with Crippen LogP contribution in [0.2, 0.25) is 0 Å². The fourth-order valence-electron chi connectivity index (χ4n) is 3.06. The number of nitrogens with zero attached hydrogens (tertiary/aromatic N) is 4. The second-order valence-electron chi connectivity index (χ2n) is 6.47. The SMILES string of the molecule is CN(C)CCOc1cc(C(=O)N2CCC[C@@H]2c2ccncc2)ccn1. The van der Waals surface area contributed by atoms with Crippen molar-refractivity contribution in [1.82, 2.24) is 19.8 Å². The topological polar surface area (TPSA) is 58.6 Å². The maximum Gasteiger partial charge on any atom is 0.254 e. The van der Waals surface area contributed by atoms with E-state index in [9.17, 15) is 4.79 Å². The van der Waals surface area contributed by atoms with Crippen LogP contribution >= 0.6 is 0 Å². The van der Waals surface area contributed by atoms with Crippen LogP contribution in [-0.4, -0.2) is 59.5 Å². The van der Waals surface area contributed by atoms with E-state index in [1.54, 1.807) is 30.7 Å². The van der Waals surface area contributed by atoms with Crippen molar-refractivity contribution in [2.24, 2.45) is 0 Å². The van der Waals surface area contributed by atoms with Gasteiger partial charge in [0.2, 0.25) is 5.88 Å². The van der Waals surface area contributed by atoms with Gasteiger partial charge in [0.15, 0.2) is 0 Å². The highest BCUT2D eigenvalue weighted by atomic mass is 16.5. The normalized spacial score (nSPS) is 17.1. The number of carbonyl (C=O) groups excluding carboxylic acids is 1. The lowest BCUT2D eigenvalue weighted by atomic mass is 10.1. The number of hydrogen-bond acceptors (Lipinski definition) is 5. The van der Waals surface area contributed by atoms with Crippen LogP contribution in [0.25, 0.3) is 0 Å². The monoisotopic (exact) mass is 340 g/mol. The largest absolute Gasteiger partial charge is 0.476 e. The van der Waals surface area contributed by atoms with Crippen LogP contribution in [0.3, 0.4) is 0 Å². The molecule has 0 aromatic carbocycles. The van der Waals surface area contributed by atoms with Crippen molar-refractivity contribution in [3.8, 4) is 5.88 Å². The molecule has 1 fully saturated rings. The van der Waals surface area contributed by atoms with Crippen molar-refractivity contribution >= 4 is 5.91 Å². The van der Waals surface area contributed by atoms with E-state index < -0.39 is 0 Å². The number of aromatic nitrogens is 2. The first-order chi connectivity index (χ1) is 12.1. The Morgan fingerprint density at radius 3 is 2.84 bits per heavy atom. The number of hydrogen-bond donors (Lipinski definition) is 0. The number of carbonyl (C=O) groups is 1. The third kappa shape index (κ3) is 4.33. The minimum atomic E-state index is 0.0270. The lowest BCUT2D eigenvalue weighted by Crippen LogP contribution is -2.30. The van der Waals surface area contributed by atoms with Crippen molar-refractivity contribution in [1.29, 1.82) is 0 Å². The lowest BCUT2D eigenvalue weighted by molar-refractivity contribution is 0.0735. The van der Waals surface area contributed by atoms with Crippen molar-refractivity contribution in [2.45, 2.75) is 18.9 Å². The predicted molar refractivity (Wildman–Crippen MR) is 95.5 cm³/mol. The Bertz CT molecular complexity index is 706. The van der Waals surface area contributed by atoms with Crippen molar-refractivity contribution in [2.75, 3.05) is 33.8 Å². The fraction of sp³-hybridized carbons (Fsp3) is 0.421. The van der Waals surface area contributed by atoms with Crippen molar-refractivity contribution in [3.63, 3.8) is 0 Å². The molecule has 0 radical (unpaired) electrons. The molecule has 132 valence electrons. The van der Waals surface area contributed by atoms with Crippen LogP contribution in [0.5, 0.6) is 5.88 Å². The number of likely N-dealkylation sites (tertiary alicyclic amines) is 1. The summed E-state index contributed by atoms with van der Waals surface area (Å²) in [5.41, 5.74) is 1.76. The molecule has 0 aliphatic carbocycles. The summed E-state index contributed by atoms with van der Waals surface area (Å²) in [6, 6.07) is 7.57. The van der Waals surface area contributed by atoms with Gasteiger partial charge in [0.1, 0.15) is 6.61 Å². The Balaban J connectivity index is 1.72. The third-order valence-corrected chi connectivity index (χ3v) is 4.37. The van der Waals surface area contributed by atoms with Gasteiger partial charge in [-0.25, -0.2) is 4.98 Å². The summed E-state index contributed by atoms with van der Waals surface area (Å²) in [6.45, 7) is 2.11. The minimum absolute atomic E-state index is 0.0270. The van der Waals surface area contributed by atoms with Crippen LogP contribution in [0.4, 0.5) is 0 Å². The predicted octanol–water partition coefficient (Wildman–Crippen LogP) is 2.39. The van der Waals surface area contributed by atoms with Crippen LogP contribution in [0, 0.1) is 0 Å². The van der Waals surface area contributed by atoms with E-state index >= 15 is 0 Å². The molecule has 0 N–H and O–H groups in total. The molecular weight excluding hydrogens is 316 g/mol. The summed E-state index contributed by atoms with van der Waals surface area (Å²) in [7, 11) is 3.98. The summed E-state index contributed by atoms with van der Waals surface area (Å²) < 4.78 is 5.65. The Morgan fingerprint density at radius 1 is 1.28 bits per heavy atom. The second-order valence-corrected chi connectivity index (χ2v) is 6.47. The summed E-state index contributed by atoms with van der Waals surface area (Å²) in [5.74, 6) is 0.520. The molecule has 3 rings (SSSR count). The first kappa shape index (κ1) is 17.4. The van der Waals surface area contributed by atoms with Gasteiger partial charge in [0.25, 0.3) is 5.91 Å². The maximum absolute atomic E-state index is 13.0. The zero-order chi connectivity index (χ0) is 17.6. The molecule has 6 heteroatoms. The van der Waals surface area contributed by atoms with E-state index in [2.05, 4.69) is 9.97 Å². The van der Waals surface area contributed by atoms with Gasteiger partial charge in [-0.1, -0.05) is 0 Å². The van der Waals surface area contributed by atoms with Crippen LogP contribution in [0.15, 0.2) is 42.9 Å². The van der Waals surface area contributed by atoms with Gasteiger partial charge in [0.05, 0.1) is 6.04 Å². The Labute approximate surface area is 148 Å². The van der Waals surface area contributed by atoms with E-state index in [0.717, 1.165) is 31.5 Å². The zero-order valence-corrected chi connectivity index (χ0v) is 14.8. The Hall–Kier alpha value is -2.47. The van der Waals surface area contributed by atoms with Crippen LogP contribution < -0.4 is 4.74 Å². The van der Waals surface area contributed by atoms with Gasteiger partial charge >= 0.3 is 0 Å². The number of ether oxygens (including phenoxy) is 1. The molecule has 1 saturated heterocycles. The number of pyridine rings is 2. The smallest absolute Gasteiger partial charge is 0.254 e.